The van der Waals surface area contributed by atoms with Crippen molar-refractivity contribution >= 4 is 23.0 Å². The summed E-state index contributed by atoms with van der Waals surface area (Å²) >= 11 is 4.97. The summed E-state index contributed by atoms with van der Waals surface area (Å²) in [6.07, 6.45) is -5.37. The average Bonchev–Trinajstić information content (AvgIpc) is 2.40. The second kappa shape index (κ2) is 5.56. The van der Waals surface area contributed by atoms with Crippen LogP contribution in [0.1, 0.15) is 11.1 Å². The zero-order valence-electron chi connectivity index (χ0n) is 11.5. The molecule has 0 aromatic heterocycles. The third-order valence-corrected chi connectivity index (χ3v) is 3.82. The van der Waals surface area contributed by atoms with E-state index >= 15 is 0 Å². The number of benzene rings is 2. The van der Waals surface area contributed by atoms with Crippen molar-refractivity contribution in [2.24, 2.45) is 0 Å². The molecule has 0 fully saturated rings. The van der Waals surface area contributed by atoms with Gasteiger partial charge in [0.25, 0.3) is 0 Å². The lowest BCUT2D eigenvalue weighted by molar-refractivity contribution is -0.222. The quantitative estimate of drug-likeness (QED) is 0.485. The molecular formula is C15H12ClF5N2. The molecule has 8 heteroatoms. The fourth-order valence-corrected chi connectivity index (χ4v) is 2.77. The number of alkyl halides is 6. The highest BCUT2D eigenvalue weighted by atomic mass is 35.5. The van der Waals surface area contributed by atoms with Gasteiger partial charge in [-0.25, -0.2) is 0 Å². The van der Waals surface area contributed by atoms with E-state index in [9.17, 15) is 22.0 Å². The smallest absolute Gasteiger partial charge is 0.399 e. The Hall–Kier alpha value is -2.02. The predicted octanol–water partition coefficient (Wildman–Crippen LogP) is 4.53. The third-order valence-electron chi connectivity index (χ3n) is 3.54. The van der Waals surface area contributed by atoms with Crippen LogP contribution in [-0.2, 0) is 5.41 Å². The van der Waals surface area contributed by atoms with E-state index in [1.807, 2.05) is 0 Å². The summed E-state index contributed by atoms with van der Waals surface area (Å²) in [6.45, 7) is 0. The summed E-state index contributed by atoms with van der Waals surface area (Å²) < 4.78 is 69.6. The van der Waals surface area contributed by atoms with E-state index in [1.54, 1.807) is 0 Å². The van der Waals surface area contributed by atoms with Crippen LogP contribution in [0.4, 0.5) is 33.3 Å². The maximum absolute atomic E-state index is 14.1. The Bertz CT molecular complexity index is 613. The number of nitrogen functional groups attached to an aromatic ring is 2. The number of hydrogen-bond donors (Lipinski definition) is 2. The van der Waals surface area contributed by atoms with Gasteiger partial charge in [0.2, 0.25) is 0 Å². The molecule has 2 nitrogen and oxygen atoms in total. The minimum absolute atomic E-state index is 0.139. The van der Waals surface area contributed by atoms with Crippen molar-refractivity contribution in [3.05, 3.63) is 59.7 Å². The zero-order valence-corrected chi connectivity index (χ0v) is 12.3. The maximum atomic E-state index is 14.1. The lowest BCUT2D eigenvalue weighted by atomic mass is 9.73. The molecule has 0 heterocycles. The molecule has 2 rings (SSSR count). The van der Waals surface area contributed by atoms with E-state index in [2.05, 4.69) is 0 Å². The van der Waals surface area contributed by atoms with Crippen LogP contribution in [0.25, 0.3) is 0 Å². The molecule has 0 aliphatic heterocycles. The highest BCUT2D eigenvalue weighted by molar-refractivity contribution is 6.23. The van der Waals surface area contributed by atoms with E-state index in [0.29, 0.717) is 0 Å². The van der Waals surface area contributed by atoms with E-state index in [0.717, 1.165) is 48.5 Å². The van der Waals surface area contributed by atoms with Gasteiger partial charge in [0, 0.05) is 11.4 Å². The molecule has 0 spiro atoms. The van der Waals surface area contributed by atoms with Crippen LogP contribution >= 0.6 is 11.6 Å². The summed E-state index contributed by atoms with van der Waals surface area (Å²) in [6, 6.07) is 7.97. The lowest BCUT2D eigenvalue weighted by Gasteiger charge is -2.39. The van der Waals surface area contributed by atoms with Crippen molar-refractivity contribution < 1.29 is 22.0 Å². The Balaban J connectivity index is 2.86. The molecule has 2 aromatic carbocycles. The van der Waals surface area contributed by atoms with Gasteiger partial charge in [-0.1, -0.05) is 24.3 Å². The molecule has 0 radical (unpaired) electrons. The molecule has 4 N–H and O–H groups in total. The highest BCUT2D eigenvalue weighted by Crippen LogP contribution is 2.57. The second-order valence-electron chi connectivity index (χ2n) is 4.99. The molecule has 2 aromatic rings. The van der Waals surface area contributed by atoms with Gasteiger partial charge in [0.15, 0.2) is 5.41 Å². The largest absolute Gasteiger partial charge is 0.409 e. The average molecular weight is 351 g/mol. The standard InChI is InChI=1S/C15H12ClF5N2/c16-14(17,18)13(15(19,20)21,9-1-5-11(22)6-2-9)10-3-7-12(23)8-4-10/h1-8H,22-23H2. The van der Waals surface area contributed by atoms with Gasteiger partial charge in [-0.05, 0) is 47.0 Å². The first-order chi connectivity index (χ1) is 10.5. The Labute approximate surface area is 133 Å². The number of hydrogen-bond acceptors (Lipinski definition) is 2. The normalized spacial score (nSPS) is 13.1. The SMILES string of the molecule is Nc1ccc(C(c2ccc(N)cc2)(C(F)(F)F)C(F)(F)Cl)cc1. The van der Waals surface area contributed by atoms with Gasteiger partial charge in [0.1, 0.15) is 0 Å². The highest BCUT2D eigenvalue weighted by Gasteiger charge is 2.70. The molecule has 0 saturated carbocycles. The topological polar surface area (TPSA) is 52.0 Å². The summed E-state index contributed by atoms with van der Waals surface area (Å²) in [5.41, 5.74) is 5.96. The van der Waals surface area contributed by atoms with Crippen molar-refractivity contribution in [3.8, 4) is 0 Å². The molecular weight excluding hydrogens is 339 g/mol. The molecule has 124 valence electrons. The van der Waals surface area contributed by atoms with Crippen LogP contribution in [0.2, 0.25) is 0 Å². The van der Waals surface area contributed by atoms with Gasteiger partial charge < -0.3 is 11.5 Å². The minimum atomic E-state index is -5.37. The Kier molecular flexibility index (Phi) is 4.19. The molecule has 0 unspecified atom stereocenters. The van der Waals surface area contributed by atoms with Crippen molar-refractivity contribution in [3.63, 3.8) is 0 Å². The van der Waals surface area contributed by atoms with Crippen LogP contribution < -0.4 is 11.5 Å². The summed E-state index contributed by atoms with van der Waals surface area (Å²) in [7, 11) is 0. The lowest BCUT2D eigenvalue weighted by Crippen LogP contribution is -2.54. The van der Waals surface area contributed by atoms with Crippen molar-refractivity contribution in [2.45, 2.75) is 17.0 Å². The number of anilines is 2. The van der Waals surface area contributed by atoms with Crippen LogP contribution in [0.3, 0.4) is 0 Å². The van der Waals surface area contributed by atoms with Gasteiger partial charge in [-0.15, -0.1) is 0 Å². The molecule has 23 heavy (non-hydrogen) atoms. The Morgan fingerprint density at radius 1 is 0.652 bits per heavy atom. The van der Waals surface area contributed by atoms with Crippen molar-refractivity contribution in [1.29, 1.82) is 0 Å². The van der Waals surface area contributed by atoms with Crippen molar-refractivity contribution in [2.75, 3.05) is 11.5 Å². The van der Waals surface area contributed by atoms with Crippen LogP contribution in [0.15, 0.2) is 48.5 Å². The Morgan fingerprint density at radius 2 is 0.957 bits per heavy atom. The summed E-state index contributed by atoms with van der Waals surface area (Å²) in [4.78, 5) is 0. The maximum Gasteiger partial charge on any atom is 0.409 e. The monoisotopic (exact) mass is 350 g/mol. The molecule has 0 amide bonds. The van der Waals surface area contributed by atoms with E-state index < -0.39 is 28.1 Å². The van der Waals surface area contributed by atoms with Gasteiger partial charge in [0.05, 0.1) is 0 Å². The summed E-state index contributed by atoms with van der Waals surface area (Å²) in [5, 5.41) is -4.64. The van der Waals surface area contributed by atoms with Gasteiger partial charge >= 0.3 is 11.6 Å². The number of rotatable bonds is 3. The van der Waals surface area contributed by atoms with E-state index in [-0.39, 0.29) is 11.4 Å². The minimum Gasteiger partial charge on any atom is -0.399 e. The fraction of sp³-hybridized carbons (Fsp3) is 0.200. The molecule has 0 bridgehead atoms. The molecule has 0 aliphatic rings. The van der Waals surface area contributed by atoms with E-state index in [4.69, 9.17) is 23.1 Å². The predicted molar refractivity (Wildman–Crippen MR) is 79.3 cm³/mol. The number of nitrogens with two attached hydrogens (primary N) is 2. The van der Waals surface area contributed by atoms with Crippen LogP contribution in [0.5, 0.6) is 0 Å². The number of halogens is 6. The van der Waals surface area contributed by atoms with Crippen LogP contribution in [0, 0.1) is 0 Å². The first-order valence-electron chi connectivity index (χ1n) is 6.35. The van der Waals surface area contributed by atoms with E-state index in [1.165, 1.54) is 0 Å². The molecule has 0 saturated heterocycles. The van der Waals surface area contributed by atoms with Crippen molar-refractivity contribution in [1.82, 2.24) is 0 Å². The zero-order chi connectivity index (χ0) is 17.5. The Morgan fingerprint density at radius 3 is 1.17 bits per heavy atom. The summed E-state index contributed by atoms with van der Waals surface area (Å²) in [5.74, 6) is 0. The second-order valence-corrected chi connectivity index (χ2v) is 5.46. The fourth-order valence-electron chi connectivity index (χ4n) is 2.45. The van der Waals surface area contributed by atoms with Crippen LogP contribution in [-0.4, -0.2) is 11.6 Å². The van der Waals surface area contributed by atoms with Gasteiger partial charge in [-0.3, -0.25) is 0 Å². The molecule has 0 aliphatic carbocycles. The first kappa shape index (κ1) is 17.3. The third kappa shape index (κ3) is 2.81. The molecule has 0 atom stereocenters. The van der Waals surface area contributed by atoms with Gasteiger partial charge in [-0.2, -0.15) is 22.0 Å². The first-order valence-corrected chi connectivity index (χ1v) is 6.73.